The topological polar surface area (TPSA) is 110 Å². The number of nitrogens with two attached hydrogens (primary N) is 1. The van der Waals surface area contributed by atoms with E-state index >= 15 is 0 Å². The second kappa shape index (κ2) is 9.64. The summed E-state index contributed by atoms with van der Waals surface area (Å²) in [6.45, 7) is 7.29. The minimum absolute atomic E-state index is 0.0540. The highest BCUT2D eigenvalue weighted by Crippen LogP contribution is 2.41. The number of primary amides is 1. The maximum absolute atomic E-state index is 13.0. The zero-order valence-corrected chi connectivity index (χ0v) is 21.4. The van der Waals surface area contributed by atoms with Crippen molar-refractivity contribution in [2.45, 2.75) is 55.4 Å². The van der Waals surface area contributed by atoms with Gasteiger partial charge in [-0.1, -0.05) is 11.6 Å². The average molecular weight is 557 g/mol. The molecule has 0 atom stereocenters. The number of carbonyl (C=O) groups excluding carboxylic acids is 2. The second-order valence-corrected chi connectivity index (χ2v) is 12.6. The Balaban J connectivity index is 1.65. The summed E-state index contributed by atoms with van der Waals surface area (Å²) in [5, 5.41) is 0. The molecule has 3 rings (SSSR count). The highest BCUT2D eigenvalue weighted by atomic mass is 79.9. The van der Waals surface area contributed by atoms with Crippen molar-refractivity contribution >= 4 is 60.8 Å². The normalized spacial score (nSPS) is 25.7. The SMILES string of the molecule is CC(C)N1CCN(C(=O)C2CCC(OS(=O)(=O)c3cc(Br)c(Cl)s3)(C(N)=O)CC2)CC1. The monoisotopic (exact) mass is 555 g/mol. The predicted molar refractivity (Wildman–Crippen MR) is 122 cm³/mol. The molecule has 2 amide bonds. The summed E-state index contributed by atoms with van der Waals surface area (Å²) in [5.74, 6) is -1.05. The van der Waals surface area contributed by atoms with Crippen molar-refractivity contribution in [1.82, 2.24) is 9.80 Å². The third kappa shape index (κ3) is 5.44. The lowest BCUT2D eigenvalue weighted by molar-refractivity contribution is -0.145. The molecule has 0 bridgehead atoms. The van der Waals surface area contributed by atoms with E-state index in [0.29, 0.717) is 36.4 Å². The van der Waals surface area contributed by atoms with E-state index in [1.165, 1.54) is 6.07 Å². The Labute approximate surface area is 200 Å². The van der Waals surface area contributed by atoms with Crippen LogP contribution >= 0.6 is 38.9 Å². The fourth-order valence-electron chi connectivity index (χ4n) is 4.12. The number of hydrogen-bond acceptors (Lipinski definition) is 7. The number of hydrogen-bond donors (Lipinski definition) is 1. The molecule has 1 aromatic heterocycles. The van der Waals surface area contributed by atoms with Crippen LogP contribution in [0.15, 0.2) is 14.7 Å². The van der Waals surface area contributed by atoms with E-state index in [4.69, 9.17) is 21.5 Å². The summed E-state index contributed by atoms with van der Waals surface area (Å²) >= 11 is 9.95. The van der Waals surface area contributed by atoms with E-state index in [0.717, 1.165) is 24.4 Å². The van der Waals surface area contributed by atoms with Crippen LogP contribution in [0.2, 0.25) is 4.34 Å². The number of thiophene rings is 1. The smallest absolute Gasteiger partial charge is 0.307 e. The zero-order valence-electron chi connectivity index (χ0n) is 17.5. The van der Waals surface area contributed by atoms with Crippen LogP contribution in [0.1, 0.15) is 39.5 Å². The molecular formula is C19H27BrClN3O5S2. The summed E-state index contributed by atoms with van der Waals surface area (Å²) in [6, 6.07) is 1.78. The van der Waals surface area contributed by atoms with Gasteiger partial charge in [0.25, 0.3) is 5.91 Å². The van der Waals surface area contributed by atoms with Gasteiger partial charge in [0, 0.05) is 42.6 Å². The van der Waals surface area contributed by atoms with Gasteiger partial charge in [-0.05, 0) is 61.5 Å². The molecule has 2 aliphatic rings. The van der Waals surface area contributed by atoms with Gasteiger partial charge in [0.15, 0.2) is 5.60 Å². The summed E-state index contributed by atoms with van der Waals surface area (Å²) < 4.78 is 31.5. The van der Waals surface area contributed by atoms with Crippen LogP contribution in [0.25, 0.3) is 0 Å². The molecule has 2 heterocycles. The van der Waals surface area contributed by atoms with Gasteiger partial charge in [-0.3, -0.25) is 14.5 Å². The molecule has 2 fully saturated rings. The van der Waals surface area contributed by atoms with Gasteiger partial charge in [-0.25, -0.2) is 4.18 Å². The maximum Gasteiger partial charge on any atom is 0.307 e. The van der Waals surface area contributed by atoms with Gasteiger partial charge in [0.1, 0.15) is 8.55 Å². The van der Waals surface area contributed by atoms with Crippen LogP contribution in [0, 0.1) is 5.92 Å². The van der Waals surface area contributed by atoms with Gasteiger partial charge in [-0.15, -0.1) is 11.3 Å². The third-order valence-corrected chi connectivity index (χ3v) is 10.4. The first-order chi connectivity index (χ1) is 14.4. The number of rotatable bonds is 6. The van der Waals surface area contributed by atoms with Crippen LogP contribution in [0.5, 0.6) is 0 Å². The Morgan fingerprint density at radius 2 is 1.84 bits per heavy atom. The minimum atomic E-state index is -4.24. The van der Waals surface area contributed by atoms with E-state index in [-0.39, 0.29) is 33.2 Å². The van der Waals surface area contributed by atoms with Gasteiger partial charge >= 0.3 is 10.1 Å². The van der Waals surface area contributed by atoms with Crippen LogP contribution < -0.4 is 5.73 Å². The molecule has 1 aliphatic heterocycles. The van der Waals surface area contributed by atoms with Crippen LogP contribution in [0.3, 0.4) is 0 Å². The van der Waals surface area contributed by atoms with Crippen molar-refractivity contribution in [2.75, 3.05) is 26.2 Å². The first kappa shape index (κ1) is 24.9. The Kier molecular flexibility index (Phi) is 7.75. The Morgan fingerprint density at radius 3 is 2.29 bits per heavy atom. The van der Waals surface area contributed by atoms with Crippen molar-refractivity contribution in [3.8, 4) is 0 Å². The van der Waals surface area contributed by atoms with Crippen molar-refractivity contribution in [3.63, 3.8) is 0 Å². The molecule has 0 spiro atoms. The molecule has 1 aliphatic carbocycles. The summed E-state index contributed by atoms with van der Waals surface area (Å²) in [5.41, 5.74) is 3.91. The highest BCUT2D eigenvalue weighted by molar-refractivity contribution is 9.10. The van der Waals surface area contributed by atoms with E-state index < -0.39 is 21.6 Å². The molecular weight excluding hydrogens is 530 g/mol. The van der Waals surface area contributed by atoms with Gasteiger partial charge in [0.05, 0.1) is 0 Å². The molecule has 0 aromatic carbocycles. The number of piperazine rings is 1. The van der Waals surface area contributed by atoms with Gasteiger partial charge in [0.2, 0.25) is 5.91 Å². The van der Waals surface area contributed by atoms with Crippen LogP contribution in [0.4, 0.5) is 0 Å². The van der Waals surface area contributed by atoms with Crippen molar-refractivity contribution in [2.24, 2.45) is 11.7 Å². The first-order valence-corrected chi connectivity index (χ1v) is 13.6. The molecule has 1 saturated carbocycles. The second-order valence-electron chi connectivity index (χ2n) is 8.31. The number of amides is 2. The van der Waals surface area contributed by atoms with E-state index in [1.807, 2.05) is 4.90 Å². The quantitative estimate of drug-likeness (QED) is 0.540. The molecule has 174 valence electrons. The first-order valence-electron chi connectivity index (χ1n) is 10.2. The van der Waals surface area contributed by atoms with Crippen molar-refractivity contribution < 1.29 is 22.2 Å². The fraction of sp³-hybridized carbons (Fsp3) is 0.684. The van der Waals surface area contributed by atoms with Gasteiger partial charge in [-0.2, -0.15) is 8.42 Å². The number of halogens is 2. The van der Waals surface area contributed by atoms with Crippen LogP contribution in [-0.4, -0.2) is 67.9 Å². The van der Waals surface area contributed by atoms with Crippen LogP contribution in [-0.2, 0) is 23.9 Å². The number of nitrogens with zero attached hydrogens (tertiary/aromatic N) is 2. The number of carbonyl (C=O) groups is 2. The third-order valence-electron chi connectivity index (χ3n) is 6.09. The molecule has 0 unspecified atom stereocenters. The fourth-order valence-corrected chi connectivity index (χ4v) is 7.62. The molecule has 1 saturated heterocycles. The highest BCUT2D eigenvalue weighted by Gasteiger charge is 2.47. The van der Waals surface area contributed by atoms with Gasteiger partial charge < -0.3 is 10.6 Å². The van der Waals surface area contributed by atoms with Crippen molar-refractivity contribution in [3.05, 3.63) is 14.9 Å². The summed E-state index contributed by atoms with van der Waals surface area (Å²) in [7, 11) is -4.24. The molecule has 31 heavy (non-hydrogen) atoms. The van der Waals surface area contributed by atoms with E-state index in [2.05, 4.69) is 34.7 Å². The Morgan fingerprint density at radius 1 is 1.26 bits per heavy atom. The average Bonchev–Trinajstić information content (AvgIpc) is 3.07. The van der Waals surface area contributed by atoms with E-state index in [1.54, 1.807) is 0 Å². The van der Waals surface area contributed by atoms with E-state index in [9.17, 15) is 18.0 Å². The molecule has 1 aromatic rings. The molecule has 2 N–H and O–H groups in total. The molecule has 12 heteroatoms. The Bertz CT molecular complexity index is 917. The summed E-state index contributed by atoms with van der Waals surface area (Å²) in [4.78, 5) is 29.4. The standard InChI is InChI=1S/C19H27BrClN3O5S2/c1-12(2)23-7-9-24(10-8-23)17(25)13-3-5-19(6-4-13,18(22)26)29-31(27,28)15-11-14(20)16(21)30-15/h11-13H,3-10H2,1-2H3,(H2,22,26). The largest absolute Gasteiger partial charge is 0.367 e. The lowest BCUT2D eigenvalue weighted by Gasteiger charge is -2.41. The minimum Gasteiger partial charge on any atom is -0.367 e. The lowest BCUT2D eigenvalue weighted by atomic mass is 9.78. The van der Waals surface area contributed by atoms with Crippen molar-refractivity contribution in [1.29, 1.82) is 0 Å². The molecule has 0 radical (unpaired) electrons. The maximum atomic E-state index is 13.0. The Hall–Kier alpha value is -0.720. The molecule has 8 nitrogen and oxygen atoms in total. The zero-order chi connectivity index (χ0) is 23.0. The predicted octanol–water partition coefficient (Wildman–Crippen LogP) is 2.84. The lowest BCUT2D eigenvalue weighted by Crippen LogP contribution is -2.54. The summed E-state index contributed by atoms with van der Waals surface area (Å²) in [6.07, 6.45) is 0.835.